The molecule has 0 fully saturated rings. The minimum absolute atomic E-state index is 0.188. The van der Waals surface area contributed by atoms with Gasteiger partial charge in [-0.05, 0) is 33.8 Å². The van der Waals surface area contributed by atoms with Crippen molar-refractivity contribution < 1.29 is 0 Å². The number of aromatic nitrogens is 1. The molecule has 0 saturated heterocycles. The Morgan fingerprint density at radius 1 is 1.50 bits per heavy atom. The van der Waals surface area contributed by atoms with E-state index in [1.165, 1.54) is 4.88 Å². The molecule has 1 aromatic rings. The molecule has 0 aliphatic rings. The molecule has 78 valence electrons. The van der Waals surface area contributed by atoms with Crippen LogP contribution in [0.2, 0.25) is 0 Å². The average molecular weight is 210 g/mol. The van der Waals surface area contributed by atoms with Gasteiger partial charge in [0.05, 0.1) is 11.2 Å². The van der Waals surface area contributed by atoms with E-state index in [1.54, 1.807) is 11.3 Å². The Labute approximate surface area is 90.1 Å². The first-order chi connectivity index (χ1) is 6.49. The molecule has 2 nitrogen and oxygen atoms in total. The molecule has 0 amide bonds. The summed E-state index contributed by atoms with van der Waals surface area (Å²) in [6.07, 6.45) is 4.28. The van der Waals surface area contributed by atoms with Crippen LogP contribution in [0.4, 0.5) is 0 Å². The van der Waals surface area contributed by atoms with Crippen LogP contribution in [0.25, 0.3) is 6.08 Å². The molecule has 0 unspecified atom stereocenters. The fourth-order valence-corrected chi connectivity index (χ4v) is 1.72. The van der Waals surface area contributed by atoms with Crippen molar-refractivity contribution in [3.63, 3.8) is 0 Å². The molecule has 1 N–H and O–H groups in total. The molecule has 1 aromatic heterocycles. The predicted octanol–water partition coefficient (Wildman–Crippen LogP) is 2.85. The van der Waals surface area contributed by atoms with Crippen LogP contribution in [0.3, 0.4) is 0 Å². The third-order valence-corrected chi connectivity index (χ3v) is 2.70. The second-order valence-corrected chi connectivity index (χ2v) is 5.22. The van der Waals surface area contributed by atoms with Gasteiger partial charge in [-0.2, -0.15) is 0 Å². The van der Waals surface area contributed by atoms with Crippen molar-refractivity contribution in [2.24, 2.45) is 0 Å². The quantitative estimate of drug-likeness (QED) is 0.830. The topological polar surface area (TPSA) is 24.9 Å². The fraction of sp³-hybridized carbons (Fsp3) is 0.545. The van der Waals surface area contributed by atoms with Gasteiger partial charge < -0.3 is 5.32 Å². The lowest BCUT2D eigenvalue weighted by Crippen LogP contribution is -2.35. The second kappa shape index (κ2) is 4.71. The van der Waals surface area contributed by atoms with Crippen LogP contribution in [-0.4, -0.2) is 17.1 Å². The van der Waals surface area contributed by atoms with Crippen LogP contribution in [0, 0.1) is 6.92 Å². The summed E-state index contributed by atoms with van der Waals surface area (Å²) < 4.78 is 0. The Morgan fingerprint density at radius 2 is 2.21 bits per heavy atom. The number of hydrogen-bond acceptors (Lipinski definition) is 3. The van der Waals surface area contributed by atoms with E-state index in [-0.39, 0.29) is 5.54 Å². The van der Waals surface area contributed by atoms with Crippen molar-refractivity contribution in [1.29, 1.82) is 0 Å². The molecule has 0 saturated carbocycles. The van der Waals surface area contributed by atoms with Crippen LogP contribution < -0.4 is 5.32 Å². The number of aryl methyl sites for hydroxylation is 1. The van der Waals surface area contributed by atoms with Gasteiger partial charge in [0, 0.05) is 17.0 Å². The summed E-state index contributed by atoms with van der Waals surface area (Å²) in [6, 6.07) is 0. The fourth-order valence-electron chi connectivity index (χ4n) is 1.00. The van der Waals surface area contributed by atoms with E-state index < -0.39 is 0 Å². The Kier molecular flexibility index (Phi) is 3.84. The van der Waals surface area contributed by atoms with Gasteiger partial charge >= 0.3 is 0 Å². The monoisotopic (exact) mass is 210 g/mol. The predicted molar refractivity (Wildman–Crippen MR) is 63.6 cm³/mol. The molecule has 3 heteroatoms. The van der Waals surface area contributed by atoms with Crippen LogP contribution in [0.1, 0.15) is 31.3 Å². The molecular formula is C11H18N2S. The van der Waals surface area contributed by atoms with Crippen molar-refractivity contribution in [2.75, 3.05) is 6.54 Å². The molecule has 0 bridgehead atoms. The summed E-state index contributed by atoms with van der Waals surface area (Å²) in [5, 5.41) is 3.40. The number of thiazole rings is 1. The highest BCUT2D eigenvalue weighted by atomic mass is 32.1. The zero-order valence-corrected chi connectivity index (χ0v) is 10.1. The zero-order valence-electron chi connectivity index (χ0n) is 9.29. The van der Waals surface area contributed by atoms with Crippen molar-refractivity contribution >= 4 is 17.4 Å². The Morgan fingerprint density at radius 3 is 2.71 bits per heavy atom. The molecule has 0 aliphatic carbocycles. The van der Waals surface area contributed by atoms with Crippen molar-refractivity contribution in [2.45, 2.75) is 33.2 Å². The molecular weight excluding hydrogens is 192 g/mol. The van der Waals surface area contributed by atoms with E-state index in [9.17, 15) is 0 Å². The van der Waals surface area contributed by atoms with Crippen LogP contribution in [0.5, 0.6) is 0 Å². The van der Waals surface area contributed by atoms with Gasteiger partial charge in [0.2, 0.25) is 0 Å². The standard InChI is InChI=1S/C11H18N2S/c1-9-10(14-8-12-9)6-5-7-13-11(2,3)4/h5-6,8,13H,7H2,1-4H3. The van der Waals surface area contributed by atoms with Gasteiger partial charge in [-0.15, -0.1) is 11.3 Å². The first kappa shape index (κ1) is 11.4. The summed E-state index contributed by atoms with van der Waals surface area (Å²) in [6.45, 7) is 9.44. The van der Waals surface area contributed by atoms with E-state index in [1.807, 2.05) is 12.4 Å². The maximum Gasteiger partial charge on any atom is 0.0801 e. The Bertz CT molecular complexity index is 307. The summed E-state index contributed by atoms with van der Waals surface area (Å²) in [4.78, 5) is 5.44. The van der Waals surface area contributed by atoms with E-state index in [0.717, 1.165) is 12.2 Å². The largest absolute Gasteiger partial charge is 0.309 e. The first-order valence-electron chi connectivity index (χ1n) is 4.81. The van der Waals surface area contributed by atoms with E-state index in [2.05, 4.69) is 43.2 Å². The van der Waals surface area contributed by atoms with Crippen LogP contribution in [0.15, 0.2) is 11.6 Å². The van der Waals surface area contributed by atoms with Gasteiger partial charge in [0.25, 0.3) is 0 Å². The van der Waals surface area contributed by atoms with Crippen LogP contribution >= 0.6 is 11.3 Å². The molecule has 0 spiro atoms. The van der Waals surface area contributed by atoms with Gasteiger partial charge in [-0.3, -0.25) is 0 Å². The lowest BCUT2D eigenvalue weighted by molar-refractivity contribution is 0.450. The number of nitrogens with one attached hydrogen (secondary N) is 1. The number of hydrogen-bond donors (Lipinski definition) is 1. The first-order valence-corrected chi connectivity index (χ1v) is 5.69. The SMILES string of the molecule is Cc1ncsc1C=CCNC(C)(C)C. The summed E-state index contributed by atoms with van der Waals surface area (Å²) >= 11 is 1.68. The third kappa shape index (κ3) is 4.03. The highest BCUT2D eigenvalue weighted by Gasteiger charge is 2.05. The van der Waals surface area contributed by atoms with Gasteiger partial charge in [0.15, 0.2) is 0 Å². The lowest BCUT2D eigenvalue weighted by Gasteiger charge is -2.18. The van der Waals surface area contributed by atoms with Crippen molar-refractivity contribution in [3.05, 3.63) is 22.2 Å². The van der Waals surface area contributed by atoms with Crippen molar-refractivity contribution in [1.82, 2.24) is 10.3 Å². The minimum atomic E-state index is 0.188. The Balaban J connectivity index is 2.39. The maximum atomic E-state index is 4.19. The van der Waals surface area contributed by atoms with Gasteiger partial charge in [-0.25, -0.2) is 4.98 Å². The number of rotatable bonds is 3. The van der Waals surface area contributed by atoms with E-state index >= 15 is 0 Å². The summed E-state index contributed by atoms with van der Waals surface area (Å²) in [5.74, 6) is 0. The normalized spacial score (nSPS) is 12.6. The highest BCUT2D eigenvalue weighted by molar-refractivity contribution is 7.10. The van der Waals surface area contributed by atoms with Gasteiger partial charge in [-0.1, -0.05) is 6.08 Å². The Hall–Kier alpha value is -0.670. The summed E-state index contributed by atoms with van der Waals surface area (Å²) in [5.41, 5.74) is 3.18. The highest BCUT2D eigenvalue weighted by Crippen LogP contribution is 2.13. The zero-order chi connectivity index (χ0) is 10.6. The molecule has 0 radical (unpaired) electrons. The number of nitrogens with zero attached hydrogens (tertiary/aromatic N) is 1. The van der Waals surface area contributed by atoms with E-state index in [0.29, 0.717) is 0 Å². The van der Waals surface area contributed by atoms with E-state index in [4.69, 9.17) is 0 Å². The lowest BCUT2D eigenvalue weighted by atomic mass is 10.1. The van der Waals surface area contributed by atoms with Gasteiger partial charge in [0.1, 0.15) is 0 Å². The average Bonchev–Trinajstić information content (AvgIpc) is 2.44. The minimum Gasteiger partial charge on any atom is -0.309 e. The molecule has 0 aliphatic heterocycles. The molecule has 0 atom stereocenters. The second-order valence-electron chi connectivity index (χ2n) is 4.34. The summed E-state index contributed by atoms with van der Waals surface area (Å²) in [7, 11) is 0. The molecule has 14 heavy (non-hydrogen) atoms. The maximum absolute atomic E-state index is 4.19. The third-order valence-electron chi connectivity index (χ3n) is 1.80. The van der Waals surface area contributed by atoms with Crippen LogP contribution in [-0.2, 0) is 0 Å². The smallest absolute Gasteiger partial charge is 0.0801 e. The molecule has 1 rings (SSSR count). The van der Waals surface area contributed by atoms with Crippen molar-refractivity contribution in [3.8, 4) is 0 Å². The molecule has 0 aromatic carbocycles. The molecule has 1 heterocycles.